The molecule has 3 rings (SSSR count). The van der Waals surface area contributed by atoms with Crippen molar-refractivity contribution >= 4 is 10.9 Å². The first-order valence-corrected chi connectivity index (χ1v) is 5.68. The first-order chi connectivity index (χ1) is 7.81. The van der Waals surface area contributed by atoms with Crippen LogP contribution in [0.4, 0.5) is 0 Å². The molecule has 1 saturated carbocycles. The molecule has 84 valence electrons. The van der Waals surface area contributed by atoms with Crippen molar-refractivity contribution in [2.45, 2.75) is 12.3 Å². The Balaban J connectivity index is 1.97. The van der Waals surface area contributed by atoms with Gasteiger partial charge in [-0.15, -0.1) is 0 Å². The minimum atomic E-state index is 0.642. The maximum absolute atomic E-state index is 5.67. The number of methoxy groups -OCH3 is 1. The summed E-state index contributed by atoms with van der Waals surface area (Å²) in [5, 5.41) is 1.25. The fourth-order valence-electron chi connectivity index (χ4n) is 2.34. The number of ether oxygens (including phenoxy) is 1. The molecule has 0 saturated heterocycles. The zero-order valence-corrected chi connectivity index (χ0v) is 9.36. The van der Waals surface area contributed by atoms with Crippen molar-refractivity contribution in [1.29, 1.82) is 0 Å². The summed E-state index contributed by atoms with van der Waals surface area (Å²) in [6, 6.07) is 8.36. The Morgan fingerprint density at radius 1 is 1.44 bits per heavy atom. The molecule has 2 aromatic rings. The van der Waals surface area contributed by atoms with Crippen LogP contribution in [0.2, 0.25) is 0 Å². The first-order valence-electron chi connectivity index (χ1n) is 5.68. The highest BCUT2D eigenvalue weighted by Gasteiger charge is 2.37. The molecule has 2 atom stereocenters. The Morgan fingerprint density at radius 2 is 2.31 bits per heavy atom. The predicted octanol–water partition coefficient (Wildman–Crippen LogP) is 2.24. The van der Waals surface area contributed by atoms with E-state index in [9.17, 15) is 0 Å². The van der Waals surface area contributed by atoms with Crippen LogP contribution in [0.3, 0.4) is 0 Å². The zero-order valence-electron chi connectivity index (χ0n) is 9.36. The number of fused-ring (bicyclic) bond motifs is 1. The fourth-order valence-corrected chi connectivity index (χ4v) is 2.34. The van der Waals surface area contributed by atoms with E-state index in [-0.39, 0.29) is 0 Å². The summed E-state index contributed by atoms with van der Waals surface area (Å²) in [7, 11) is 1.69. The normalized spacial score (nSPS) is 23.6. The molecule has 0 radical (unpaired) electrons. The summed E-state index contributed by atoms with van der Waals surface area (Å²) in [6.07, 6.45) is 1.22. The average Bonchev–Trinajstić information content (AvgIpc) is 2.99. The van der Waals surface area contributed by atoms with Gasteiger partial charge in [-0.3, -0.25) is 0 Å². The molecule has 0 spiro atoms. The van der Waals surface area contributed by atoms with Crippen LogP contribution in [-0.2, 0) is 0 Å². The first kappa shape index (κ1) is 9.73. The van der Waals surface area contributed by atoms with E-state index in [1.807, 2.05) is 12.1 Å². The third-order valence-corrected chi connectivity index (χ3v) is 3.48. The SMILES string of the molecule is COc1ccc2cc(C3CC3CN)[nH]c2c1. The molecule has 3 nitrogen and oxygen atoms in total. The second kappa shape index (κ2) is 3.52. The number of aromatic nitrogens is 1. The third-order valence-electron chi connectivity index (χ3n) is 3.48. The second-order valence-corrected chi connectivity index (χ2v) is 4.52. The van der Waals surface area contributed by atoms with E-state index in [1.165, 1.54) is 17.5 Å². The van der Waals surface area contributed by atoms with Crippen LogP contribution in [0.25, 0.3) is 10.9 Å². The van der Waals surface area contributed by atoms with Gasteiger partial charge in [-0.25, -0.2) is 0 Å². The predicted molar refractivity (Wildman–Crippen MR) is 64.8 cm³/mol. The highest BCUT2D eigenvalue weighted by molar-refractivity contribution is 5.82. The van der Waals surface area contributed by atoms with Crippen LogP contribution in [0.1, 0.15) is 18.0 Å². The Kier molecular flexibility index (Phi) is 2.14. The van der Waals surface area contributed by atoms with Gasteiger partial charge in [0.15, 0.2) is 0 Å². The topological polar surface area (TPSA) is 51.0 Å². The number of hydrogen-bond donors (Lipinski definition) is 2. The quantitative estimate of drug-likeness (QED) is 0.826. The lowest BCUT2D eigenvalue weighted by atomic mass is 10.2. The van der Waals surface area contributed by atoms with Gasteiger partial charge in [-0.1, -0.05) is 0 Å². The summed E-state index contributed by atoms with van der Waals surface area (Å²) in [4.78, 5) is 3.46. The molecule has 1 aromatic heterocycles. The Hall–Kier alpha value is -1.48. The minimum absolute atomic E-state index is 0.642. The maximum atomic E-state index is 5.67. The fraction of sp³-hybridized carbons (Fsp3) is 0.385. The number of hydrogen-bond acceptors (Lipinski definition) is 2. The number of benzene rings is 1. The van der Waals surface area contributed by atoms with Gasteiger partial charge in [0.1, 0.15) is 5.75 Å². The maximum Gasteiger partial charge on any atom is 0.120 e. The lowest BCUT2D eigenvalue weighted by molar-refractivity contribution is 0.415. The van der Waals surface area contributed by atoms with Crippen LogP contribution in [0.15, 0.2) is 24.3 Å². The van der Waals surface area contributed by atoms with Crippen molar-refractivity contribution in [3.8, 4) is 5.75 Å². The zero-order chi connectivity index (χ0) is 11.1. The van der Waals surface area contributed by atoms with E-state index in [4.69, 9.17) is 10.5 Å². The van der Waals surface area contributed by atoms with Crippen LogP contribution < -0.4 is 10.5 Å². The number of aromatic amines is 1. The summed E-state index contributed by atoms with van der Waals surface area (Å²) in [6.45, 7) is 0.795. The number of nitrogens with one attached hydrogen (secondary N) is 1. The molecular weight excluding hydrogens is 200 g/mol. The molecule has 1 aromatic carbocycles. The summed E-state index contributed by atoms with van der Waals surface area (Å²) in [5.74, 6) is 2.21. The van der Waals surface area contributed by atoms with Gasteiger partial charge in [0.25, 0.3) is 0 Å². The van der Waals surface area contributed by atoms with Crippen LogP contribution in [0.5, 0.6) is 5.75 Å². The highest BCUT2D eigenvalue weighted by Crippen LogP contribution is 2.46. The van der Waals surface area contributed by atoms with Crippen LogP contribution in [0, 0.1) is 5.92 Å². The van der Waals surface area contributed by atoms with Crippen molar-refractivity contribution < 1.29 is 4.74 Å². The van der Waals surface area contributed by atoms with Crippen LogP contribution >= 0.6 is 0 Å². The summed E-state index contributed by atoms with van der Waals surface area (Å²) >= 11 is 0. The highest BCUT2D eigenvalue weighted by atomic mass is 16.5. The van der Waals surface area contributed by atoms with Crippen LogP contribution in [-0.4, -0.2) is 18.6 Å². The molecule has 1 heterocycles. The van der Waals surface area contributed by atoms with Gasteiger partial charge < -0.3 is 15.5 Å². The third kappa shape index (κ3) is 1.48. The Morgan fingerprint density at radius 3 is 3.00 bits per heavy atom. The molecule has 1 aliphatic rings. The van der Waals surface area contributed by atoms with E-state index in [0.717, 1.165) is 17.8 Å². The van der Waals surface area contributed by atoms with Crippen molar-refractivity contribution in [3.05, 3.63) is 30.0 Å². The van der Waals surface area contributed by atoms with Gasteiger partial charge in [0.2, 0.25) is 0 Å². The largest absolute Gasteiger partial charge is 0.497 e. The Labute approximate surface area is 94.6 Å². The standard InChI is InChI=1S/C13H16N2O/c1-16-10-3-2-8-5-13(15-12(8)6-10)11-4-9(11)7-14/h2-3,5-6,9,11,15H,4,7,14H2,1H3. The molecule has 1 fully saturated rings. The van der Waals surface area contributed by atoms with Crippen molar-refractivity contribution in [2.24, 2.45) is 11.7 Å². The molecule has 2 unspecified atom stereocenters. The van der Waals surface area contributed by atoms with Gasteiger partial charge in [-0.05, 0) is 42.5 Å². The van der Waals surface area contributed by atoms with Crippen molar-refractivity contribution in [3.63, 3.8) is 0 Å². The van der Waals surface area contributed by atoms with Gasteiger partial charge in [-0.2, -0.15) is 0 Å². The van der Waals surface area contributed by atoms with E-state index >= 15 is 0 Å². The molecule has 0 bridgehead atoms. The second-order valence-electron chi connectivity index (χ2n) is 4.52. The number of nitrogens with two attached hydrogens (primary N) is 1. The van der Waals surface area contributed by atoms with Gasteiger partial charge >= 0.3 is 0 Å². The van der Waals surface area contributed by atoms with E-state index < -0.39 is 0 Å². The monoisotopic (exact) mass is 216 g/mol. The molecule has 16 heavy (non-hydrogen) atoms. The Bertz CT molecular complexity index is 518. The molecular formula is C13H16N2O. The van der Waals surface area contributed by atoms with E-state index in [1.54, 1.807) is 7.11 Å². The number of H-pyrrole nitrogens is 1. The van der Waals surface area contributed by atoms with Gasteiger partial charge in [0, 0.05) is 23.2 Å². The number of rotatable bonds is 3. The van der Waals surface area contributed by atoms with E-state index in [2.05, 4.69) is 17.1 Å². The molecule has 3 heteroatoms. The summed E-state index contributed by atoms with van der Waals surface area (Å²) in [5.41, 5.74) is 8.14. The summed E-state index contributed by atoms with van der Waals surface area (Å²) < 4.78 is 5.21. The van der Waals surface area contributed by atoms with Crippen molar-refractivity contribution in [1.82, 2.24) is 4.98 Å². The molecule has 3 N–H and O–H groups in total. The molecule has 0 aliphatic heterocycles. The lowest BCUT2D eigenvalue weighted by Gasteiger charge is -1.97. The molecule has 0 amide bonds. The van der Waals surface area contributed by atoms with Crippen molar-refractivity contribution in [2.75, 3.05) is 13.7 Å². The van der Waals surface area contributed by atoms with E-state index in [0.29, 0.717) is 11.8 Å². The smallest absolute Gasteiger partial charge is 0.120 e. The average molecular weight is 216 g/mol. The van der Waals surface area contributed by atoms with Gasteiger partial charge in [0.05, 0.1) is 7.11 Å². The lowest BCUT2D eigenvalue weighted by Crippen LogP contribution is -2.01. The molecule has 1 aliphatic carbocycles. The minimum Gasteiger partial charge on any atom is -0.497 e.